The van der Waals surface area contributed by atoms with Crippen molar-refractivity contribution >= 4 is 29.8 Å². The molecule has 252 valence electrons. The number of ether oxygens (including phenoxy) is 1. The average Bonchev–Trinajstić information content (AvgIpc) is 3.10. The topological polar surface area (TPSA) is 140 Å². The van der Waals surface area contributed by atoms with E-state index in [9.17, 15) is 19.2 Å². The molecule has 5 rings (SSSR count). The van der Waals surface area contributed by atoms with E-state index >= 15 is 0 Å². The quantitative estimate of drug-likeness (QED) is 0.117. The molecule has 3 N–H and O–H groups in total. The largest absolute Gasteiger partial charge is 0.459 e. The van der Waals surface area contributed by atoms with Crippen LogP contribution in [-0.4, -0.2) is 94.7 Å². The lowest BCUT2D eigenvalue weighted by atomic mass is 9.80. The minimum absolute atomic E-state index is 0.0502. The molecule has 0 bridgehead atoms. The third-order valence-corrected chi connectivity index (χ3v) is 9.73. The maximum Gasteiger partial charge on any atom is 0.330 e. The molecule has 0 saturated carbocycles. The zero-order chi connectivity index (χ0) is 33.2. The number of likely N-dealkylation sites (tertiary alicyclic amines) is 2. The van der Waals surface area contributed by atoms with Crippen LogP contribution < -0.4 is 5.73 Å². The number of amides is 4. The number of hydrogen-bond acceptors (Lipinski definition) is 6. The summed E-state index contributed by atoms with van der Waals surface area (Å²) in [6.45, 7) is 2.87. The van der Waals surface area contributed by atoms with E-state index in [1.54, 1.807) is 9.80 Å². The lowest BCUT2D eigenvalue weighted by molar-refractivity contribution is -0.171. The van der Waals surface area contributed by atoms with Gasteiger partial charge in [-0.2, -0.15) is 0 Å². The Morgan fingerprint density at radius 3 is 2.15 bits per heavy atom. The van der Waals surface area contributed by atoms with E-state index in [2.05, 4.69) is 12.1 Å². The number of hydrogen-bond donors (Lipinski definition) is 2. The fraction of sp³-hybridized carbons (Fsp3) is 0.528. The molecule has 11 nitrogen and oxygen atoms in total. The van der Waals surface area contributed by atoms with Crippen molar-refractivity contribution in [3.63, 3.8) is 0 Å². The highest BCUT2D eigenvalue weighted by Gasteiger charge is 2.56. The molecule has 47 heavy (non-hydrogen) atoms. The van der Waals surface area contributed by atoms with Crippen LogP contribution in [0.15, 0.2) is 60.7 Å². The Bertz CT molecular complexity index is 1380. The highest BCUT2D eigenvalue weighted by molar-refractivity contribution is 6.07. The maximum atomic E-state index is 13.7. The zero-order valence-electron chi connectivity index (χ0n) is 27.2. The number of carbonyl (C=O) groups is 4. The number of benzene rings is 2. The van der Waals surface area contributed by atoms with Crippen LogP contribution in [0.3, 0.4) is 0 Å². The Hall–Kier alpha value is -4.41. The molecule has 3 aliphatic heterocycles. The Morgan fingerprint density at radius 2 is 1.47 bits per heavy atom. The van der Waals surface area contributed by atoms with Gasteiger partial charge in [-0.3, -0.25) is 15.0 Å². The number of unbranched alkanes of at least 4 members (excludes halogenated alkanes) is 2. The van der Waals surface area contributed by atoms with Crippen molar-refractivity contribution in [2.75, 3.05) is 39.3 Å². The van der Waals surface area contributed by atoms with Crippen molar-refractivity contribution in [1.82, 2.24) is 19.6 Å². The van der Waals surface area contributed by atoms with Gasteiger partial charge < -0.3 is 25.2 Å². The van der Waals surface area contributed by atoms with Crippen LogP contribution in [0.2, 0.25) is 0 Å². The van der Waals surface area contributed by atoms with E-state index in [1.165, 1.54) is 5.56 Å². The van der Waals surface area contributed by atoms with Gasteiger partial charge in [0.15, 0.2) is 12.0 Å². The van der Waals surface area contributed by atoms with E-state index in [0.29, 0.717) is 52.0 Å². The van der Waals surface area contributed by atoms with Crippen LogP contribution in [0.25, 0.3) is 0 Å². The highest BCUT2D eigenvalue weighted by Crippen LogP contribution is 2.35. The standard InChI is InChI=1S/C36H48N6O5/c37-35(38)41-20-10-16-28(25-41)18-19-30-32(34(45)47-26-29-14-7-2-8-15-29)42(33(30)44)36(46)40-23-21-39(22-24-40)31(43)17-9-3-6-13-27-11-4-1-5-12-27/h1-2,4-5,7-8,11-12,14-15,28,30,32H,3,6,9-10,13,16-26H2,(H3,37,38)/t28?,30-,32?/m1/s1. The van der Waals surface area contributed by atoms with Gasteiger partial charge in [-0.15, -0.1) is 0 Å². The fourth-order valence-corrected chi connectivity index (χ4v) is 6.95. The monoisotopic (exact) mass is 644 g/mol. The molecule has 3 aliphatic rings. The number of piperidine rings is 1. The molecule has 0 spiro atoms. The number of nitrogens with two attached hydrogens (primary N) is 1. The molecule has 0 radical (unpaired) electrons. The first-order valence-corrected chi connectivity index (χ1v) is 17.0. The normalized spacial score (nSPS) is 21.3. The van der Waals surface area contributed by atoms with Gasteiger partial charge in [0.05, 0.1) is 5.92 Å². The summed E-state index contributed by atoms with van der Waals surface area (Å²) < 4.78 is 5.64. The van der Waals surface area contributed by atoms with Gasteiger partial charge in [0.2, 0.25) is 11.8 Å². The molecule has 3 heterocycles. The number of imide groups is 1. The number of piperazine rings is 1. The van der Waals surface area contributed by atoms with Crippen molar-refractivity contribution in [3.05, 3.63) is 71.8 Å². The lowest BCUT2D eigenvalue weighted by Gasteiger charge is -2.47. The number of rotatable bonds is 12. The molecule has 2 unspecified atom stereocenters. The molecular weight excluding hydrogens is 596 g/mol. The number of esters is 1. The second-order valence-corrected chi connectivity index (χ2v) is 13.0. The first kappa shape index (κ1) is 33.9. The Kier molecular flexibility index (Phi) is 11.9. The number of urea groups is 1. The average molecular weight is 645 g/mol. The molecule has 2 aromatic rings. The lowest BCUT2D eigenvalue weighted by Crippen LogP contribution is -2.69. The van der Waals surface area contributed by atoms with Crippen molar-refractivity contribution < 1.29 is 23.9 Å². The van der Waals surface area contributed by atoms with Gasteiger partial charge >= 0.3 is 12.0 Å². The van der Waals surface area contributed by atoms with Gasteiger partial charge in [-0.05, 0) is 62.0 Å². The van der Waals surface area contributed by atoms with E-state index < -0.39 is 24.0 Å². The predicted molar refractivity (Wildman–Crippen MR) is 178 cm³/mol. The summed E-state index contributed by atoms with van der Waals surface area (Å²) in [5.41, 5.74) is 7.84. The molecule has 3 saturated heterocycles. The molecule has 3 atom stereocenters. The van der Waals surface area contributed by atoms with Gasteiger partial charge in [-0.1, -0.05) is 67.1 Å². The molecule has 2 aromatic carbocycles. The van der Waals surface area contributed by atoms with E-state index in [-0.39, 0.29) is 30.3 Å². The van der Waals surface area contributed by atoms with E-state index in [1.807, 2.05) is 53.4 Å². The van der Waals surface area contributed by atoms with Gasteiger partial charge in [-0.25, -0.2) is 14.5 Å². The van der Waals surface area contributed by atoms with Crippen molar-refractivity contribution in [1.29, 1.82) is 5.41 Å². The molecule has 3 fully saturated rings. The Labute approximate surface area is 277 Å². The number of nitrogens with one attached hydrogen (secondary N) is 1. The van der Waals surface area contributed by atoms with E-state index in [0.717, 1.165) is 55.5 Å². The fourth-order valence-electron chi connectivity index (χ4n) is 6.95. The summed E-state index contributed by atoms with van der Waals surface area (Å²) in [7, 11) is 0. The summed E-state index contributed by atoms with van der Waals surface area (Å²) in [6, 6.07) is 18.2. The summed E-state index contributed by atoms with van der Waals surface area (Å²) in [5, 5.41) is 7.78. The highest BCUT2D eigenvalue weighted by atomic mass is 16.5. The predicted octanol–water partition coefficient (Wildman–Crippen LogP) is 4.01. The van der Waals surface area contributed by atoms with Crippen LogP contribution in [-0.2, 0) is 32.1 Å². The van der Waals surface area contributed by atoms with Crippen LogP contribution in [0, 0.1) is 17.2 Å². The Morgan fingerprint density at radius 1 is 0.809 bits per heavy atom. The van der Waals surface area contributed by atoms with Crippen LogP contribution in [0.4, 0.5) is 4.79 Å². The first-order valence-electron chi connectivity index (χ1n) is 17.0. The molecular formula is C36H48N6O5. The number of β-lactam (4-membered cyclic amide) rings is 1. The summed E-state index contributed by atoms with van der Waals surface area (Å²) in [4.78, 5) is 59.7. The maximum absolute atomic E-state index is 13.7. The minimum atomic E-state index is -0.984. The van der Waals surface area contributed by atoms with Crippen molar-refractivity contribution in [2.45, 2.75) is 70.4 Å². The molecule has 11 heteroatoms. The summed E-state index contributed by atoms with van der Waals surface area (Å²) in [5.74, 6) is -1.19. The molecule has 4 amide bonds. The first-order chi connectivity index (χ1) is 22.8. The molecule has 0 aliphatic carbocycles. The van der Waals surface area contributed by atoms with Crippen LogP contribution in [0.5, 0.6) is 0 Å². The SMILES string of the molecule is N=C(N)N1CCCC(CC[C@H]2C(=O)N(C(=O)N3CCN(C(=O)CCCCCc4ccccc4)CC3)C2C(=O)OCc2ccccc2)C1. The summed E-state index contributed by atoms with van der Waals surface area (Å²) >= 11 is 0. The minimum Gasteiger partial charge on any atom is -0.459 e. The number of guanidine groups is 1. The van der Waals surface area contributed by atoms with Gasteiger partial charge in [0.1, 0.15) is 6.61 Å². The second kappa shape index (κ2) is 16.4. The van der Waals surface area contributed by atoms with Gasteiger partial charge in [0.25, 0.3) is 0 Å². The zero-order valence-corrected chi connectivity index (χ0v) is 27.2. The smallest absolute Gasteiger partial charge is 0.330 e. The summed E-state index contributed by atoms with van der Waals surface area (Å²) in [6.07, 6.45) is 7.36. The van der Waals surface area contributed by atoms with Crippen molar-refractivity contribution in [2.24, 2.45) is 17.6 Å². The second-order valence-electron chi connectivity index (χ2n) is 13.0. The Balaban J connectivity index is 1.12. The number of nitrogens with zero attached hydrogens (tertiary/aromatic N) is 4. The number of carbonyl (C=O) groups excluding carboxylic acids is 4. The third kappa shape index (κ3) is 8.90. The van der Waals surface area contributed by atoms with Crippen LogP contribution >= 0.6 is 0 Å². The van der Waals surface area contributed by atoms with Gasteiger partial charge in [0, 0.05) is 45.7 Å². The number of aryl methyl sites for hydroxylation is 1. The van der Waals surface area contributed by atoms with Crippen LogP contribution in [0.1, 0.15) is 62.5 Å². The van der Waals surface area contributed by atoms with Crippen molar-refractivity contribution in [3.8, 4) is 0 Å². The van der Waals surface area contributed by atoms with E-state index in [4.69, 9.17) is 15.9 Å². The third-order valence-electron chi connectivity index (χ3n) is 9.73. The molecule has 0 aromatic heterocycles.